The quantitative estimate of drug-likeness (QED) is 0.831. The normalized spacial score (nSPS) is 10.2. The number of hydrogen-bond acceptors (Lipinski definition) is 4. The fraction of sp³-hybridized carbons (Fsp3) is 0.235. The number of hydrogen-bond donors (Lipinski definition) is 2. The number of aryl methyl sites for hydroxylation is 1. The van der Waals surface area contributed by atoms with Crippen LogP contribution in [0.5, 0.6) is 5.75 Å². The fourth-order valence-electron chi connectivity index (χ4n) is 2.02. The standard InChI is InChI=1S/C17H19N3O/c1-11(2)21-16-8-14(19)7-15(9-16)20-17-6-13(10-18)5-4-12(17)3/h4-9,11,20H,19H2,1-3H3. The number of ether oxygens (including phenoxy) is 1. The van der Waals surface area contributed by atoms with Crippen LogP contribution in [0.15, 0.2) is 36.4 Å². The maximum Gasteiger partial charge on any atom is 0.123 e. The Kier molecular flexibility index (Phi) is 4.34. The number of nitriles is 1. The third kappa shape index (κ3) is 3.90. The first kappa shape index (κ1) is 14.7. The van der Waals surface area contributed by atoms with Crippen LogP contribution in [0.25, 0.3) is 0 Å². The van der Waals surface area contributed by atoms with Crippen molar-refractivity contribution in [2.75, 3.05) is 11.1 Å². The Hall–Kier alpha value is -2.67. The summed E-state index contributed by atoms with van der Waals surface area (Å²) in [6, 6.07) is 13.2. The summed E-state index contributed by atoms with van der Waals surface area (Å²) in [7, 11) is 0. The first-order chi connectivity index (χ1) is 9.97. The minimum atomic E-state index is 0.0864. The molecular weight excluding hydrogens is 262 g/mol. The van der Waals surface area contributed by atoms with Gasteiger partial charge in [0.15, 0.2) is 0 Å². The smallest absolute Gasteiger partial charge is 0.123 e. The van der Waals surface area contributed by atoms with Crippen LogP contribution in [0.4, 0.5) is 17.1 Å². The number of nitrogens with two attached hydrogens (primary N) is 1. The Bertz CT molecular complexity index is 687. The van der Waals surface area contributed by atoms with Crippen molar-refractivity contribution in [3.05, 3.63) is 47.5 Å². The van der Waals surface area contributed by atoms with E-state index in [0.717, 1.165) is 22.7 Å². The summed E-state index contributed by atoms with van der Waals surface area (Å²) < 4.78 is 5.68. The van der Waals surface area contributed by atoms with Gasteiger partial charge in [0.05, 0.1) is 17.7 Å². The lowest BCUT2D eigenvalue weighted by Gasteiger charge is -2.14. The second kappa shape index (κ2) is 6.19. The molecule has 0 unspecified atom stereocenters. The van der Waals surface area contributed by atoms with Crippen molar-refractivity contribution in [2.45, 2.75) is 26.9 Å². The van der Waals surface area contributed by atoms with E-state index in [1.165, 1.54) is 0 Å². The molecule has 2 rings (SSSR count). The maximum atomic E-state index is 8.99. The highest BCUT2D eigenvalue weighted by molar-refractivity contribution is 5.69. The zero-order valence-corrected chi connectivity index (χ0v) is 12.5. The Morgan fingerprint density at radius 3 is 2.62 bits per heavy atom. The van der Waals surface area contributed by atoms with Gasteiger partial charge in [-0.05, 0) is 44.5 Å². The van der Waals surface area contributed by atoms with E-state index in [1.54, 1.807) is 12.1 Å². The van der Waals surface area contributed by atoms with Crippen LogP contribution in [-0.4, -0.2) is 6.10 Å². The molecule has 0 aromatic heterocycles. The predicted molar refractivity (Wildman–Crippen MR) is 85.8 cm³/mol. The van der Waals surface area contributed by atoms with E-state index < -0.39 is 0 Å². The second-order valence-corrected chi connectivity index (χ2v) is 5.22. The molecule has 21 heavy (non-hydrogen) atoms. The van der Waals surface area contributed by atoms with Crippen molar-refractivity contribution in [3.63, 3.8) is 0 Å². The molecule has 0 heterocycles. The number of nitrogen functional groups attached to an aromatic ring is 1. The monoisotopic (exact) mass is 281 g/mol. The third-order valence-corrected chi connectivity index (χ3v) is 2.95. The second-order valence-electron chi connectivity index (χ2n) is 5.22. The molecule has 0 amide bonds. The zero-order valence-electron chi connectivity index (χ0n) is 12.5. The van der Waals surface area contributed by atoms with Crippen molar-refractivity contribution in [1.29, 1.82) is 5.26 Å². The third-order valence-electron chi connectivity index (χ3n) is 2.95. The van der Waals surface area contributed by atoms with Crippen molar-refractivity contribution in [2.24, 2.45) is 0 Å². The van der Waals surface area contributed by atoms with E-state index >= 15 is 0 Å². The molecule has 0 saturated heterocycles. The number of nitrogens with one attached hydrogen (secondary N) is 1. The Morgan fingerprint density at radius 1 is 1.19 bits per heavy atom. The van der Waals surface area contributed by atoms with Crippen LogP contribution in [0.2, 0.25) is 0 Å². The minimum absolute atomic E-state index is 0.0864. The summed E-state index contributed by atoms with van der Waals surface area (Å²) >= 11 is 0. The van der Waals surface area contributed by atoms with Crippen LogP contribution >= 0.6 is 0 Å². The summed E-state index contributed by atoms with van der Waals surface area (Å²) in [5.41, 5.74) is 9.94. The molecule has 3 N–H and O–H groups in total. The van der Waals surface area contributed by atoms with Gasteiger partial charge in [0.1, 0.15) is 5.75 Å². The number of nitrogens with zero attached hydrogens (tertiary/aromatic N) is 1. The van der Waals surface area contributed by atoms with E-state index in [4.69, 9.17) is 15.7 Å². The van der Waals surface area contributed by atoms with Gasteiger partial charge >= 0.3 is 0 Å². The fourth-order valence-corrected chi connectivity index (χ4v) is 2.02. The lowest BCUT2D eigenvalue weighted by Crippen LogP contribution is -2.06. The molecule has 0 aliphatic rings. The summed E-state index contributed by atoms with van der Waals surface area (Å²) in [4.78, 5) is 0. The van der Waals surface area contributed by atoms with Gasteiger partial charge in [-0.3, -0.25) is 0 Å². The van der Waals surface area contributed by atoms with Crippen LogP contribution in [0.1, 0.15) is 25.0 Å². The molecule has 0 aliphatic carbocycles. The number of rotatable bonds is 4. The molecule has 108 valence electrons. The molecule has 0 saturated carbocycles. The molecule has 0 atom stereocenters. The van der Waals surface area contributed by atoms with Gasteiger partial charge in [0.25, 0.3) is 0 Å². The number of anilines is 3. The van der Waals surface area contributed by atoms with Gasteiger partial charge in [-0.15, -0.1) is 0 Å². The summed E-state index contributed by atoms with van der Waals surface area (Å²) in [5, 5.41) is 12.3. The molecule has 2 aromatic rings. The molecule has 4 heteroatoms. The van der Waals surface area contributed by atoms with Gasteiger partial charge in [-0.2, -0.15) is 5.26 Å². The molecule has 0 fully saturated rings. The van der Waals surface area contributed by atoms with E-state index in [9.17, 15) is 0 Å². The summed E-state index contributed by atoms with van der Waals surface area (Å²) in [6.45, 7) is 5.93. The van der Waals surface area contributed by atoms with Crippen molar-refractivity contribution >= 4 is 17.1 Å². The highest BCUT2D eigenvalue weighted by atomic mass is 16.5. The van der Waals surface area contributed by atoms with Gasteiger partial charge in [0, 0.05) is 29.2 Å². The first-order valence-electron chi connectivity index (χ1n) is 6.83. The van der Waals surface area contributed by atoms with Gasteiger partial charge in [-0.1, -0.05) is 6.07 Å². The van der Waals surface area contributed by atoms with Crippen molar-refractivity contribution in [3.8, 4) is 11.8 Å². The van der Waals surface area contributed by atoms with Gasteiger partial charge < -0.3 is 15.8 Å². The molecule has 0 bridgehead atoms. The van der Waals surface area contributed by atoms with E-state index in [2.05, 4.69) is 11.4 Å². The average Bonchev–Trinajstić information content (AvgIpc) is 2.39. The predicted octanol–water partition coefficient (Wildman–Crippen LogP) is 3.98. The first-order valence-corrected chi connectivity index (χ1v) is 6.83. The van der Waals surface area contributed by atoms with Crippen LogP contribution in [0.3, 0.4) is 0 Å². The van der Waals surface area contributed by atoms with Crippen LogP contribution in [-0.2, 0) is 0 Å². The van der Waals surface area contributed by atoms with E-state index in [-0.39, 0.29) is 6.10 Å². The highest BCUT2D eigenvalue weighted by Gasteiger charge is 2.05. The maximum absolute atomic E-state index is 8.99. The SMILES string of the molecule is Cc1ccc(C#N)cc1Nc1cc(N)cc(OC(C)C)c1. The number of benzene rings is 2. The zero-order chi connectivity index (χ0) is 15.4. The molecular formula is C17H19N3O. The van der Waals surface area contributed by atoms with Gasteiger partial charge in [-0.25, -0.2) is 0 Å². The lowest BCUT2D eigenvalue weighted by atomic mass is 10.1. The summed E-state index contributed by atoms with van der Waals surface area (Å²) in [6.07, 6.45) is 0.0864. The molecule has 4 nitrogen and oxygen atoms in total. The van der Waals surface area contributed by atoms with E-state index in [1.807, 2.05) is 45.0 Å². The average molecular weight is 281 g/mol. The minimum Gasteiger partial charge on any atom is -0.491 e. The molecule has 0 radical (unpaired) electrons. The Morgan fingerprint density at radius 2 is 1.95 bits per heavy atom. The molecule has 0 aliphatic heterocycles. The Balaban J connectivity index is 2.31. The van der Waals surface area contributed by atoms with Gasteiger partial charge in [0.2, 0.25) is 0 Å². The van der Waals surface area contributed by atoms with E-state index in [0.29, 0.717) is 11.3 Å². The highest BCUT2D eigenvalue weighted by Crippen LogP contribution is 2.28. The summed E-state index contributed by atoms with van der Waals surface area (Å²) in [5.74, 6) is 0.724. The molecule has 0 spiro atoms. The topological polar surface area (TPSA) is 71.1 Å². The Labute approximate surface area is 125 Å². The van der Waals surface area contributed by atoms with Crippen LogP contribution in [0, 0.1) is 18.3 Å². The largest absolute Gasteiger partial charge is 0.491 e. The van der Waals surface area contributed by atoms with Crippen molar-refractivity contribution in [1.82, 2.24) is 0 Å². The molecule has 2 aromatic carbocycles. The van der Waals surface area contributed by atoms with Crippen LogP contribution < -0.4 is 15.8 Å². The lowest BCUT2D eigenvalue weighted by molar-refractivity contribution is 0.242. The van der Waals surface area contributed by atoms with Crippen molar-refractivity contribution < 1.29 is 4.74 Å².